The maximum atomic E-state index is 12.3. The molecule has 1 aromatic carbocycles. The van der Waals surface area contributed by atoms with Crippen molar-refractivity contribution in [1.29, 1.82) is 5.26 Å². The number of nitrogens with zero attached hydrogens (tertiary/aromatic N) is 2. The molecule has 0 bridgehead atoms. The smallest absolute Gasteiger partial charge is 0.264 e. The van der Waals surface area contributed by atoms with Gasteiger partial charge >= 0.3 is 0 Å². The normalized spacial score (nSPS) is 15.9. The van der Waals surface area contributed by atoms with Crippen LogP contribution in [0.4, 0.5) is 0 Å². The summed E-state index contributed by atoms with van der Waals surface area (Å²) < 4.78 is 0. The highest BCUT2D eigenvalue weighted by Crippen LogP contribution is 2.18. The monoisotopic (exact) mass is 282 g/mol. The van der Waals surface area contributed by atoms with Crippen LogP contribution in [0.25, 0.3) is 6.08 Å². The number of rotatable bonds is 3. The van der Waals surface area contributed by atoms with Crippen LogP contribution in [0.3, 0.4) is 0 Å². The number of likely N-dealkylation sites (tertiary alicyclic amines) is 1. The van der Waals surface area contributed by atoms with Gasteiger partial charge in [0.1, 0.15) is 11.6 Å². The molecule has 1 aliphatic rings. The number of amides is 1. The van der Waals surface area contributed by atoms with Crippen molar-refractivity contribution in [2.45, 2.75) is 39.0 Å². The summed E-state index contributed by atoms with van der Waals surface area (Å²) in [4.78, 5) is 14.1. The van der Waals surface area contributed by atoms with Gasteiger partial charge < -0.3 is 4.90 Å². The number of hydrogen-bond donors (Lipinski definition) is 0. The van der Waals surface area contributed by atoms with Gasteiger partial charge in [0.2, 0.25) is 0 Å². The summed E-state index contributed by atoms with van der Waals surface area (Å²) in [5.74, 6) is 0.346. The third-order valence-electron chi connectivity index (χ3n) is 3.91. The summed E-state index contributed by atoms with van der Waals surface area (Å²) in [6.45, 7) is 5.82. The van der Waals surface area contributed by atoms with Crippen molar-refractivity contribution in [1.82, 2.24) is 4.90 Å². The van der Waals surface area contributed by atoms with E-state index in [2.05, 4.69) is 32.0 Å². The summed E-state index contributed by atoms with van der Waals surface area (Å²) in [6, 6.07) is 10.1. The van der Waals surface area contributed by atoms with Gasteiger partial charge in [-0.15, -0.1) is 0 Å². The molecule has 1 amide bonds. The Labute approximate surface area is 126 Å². The summed E-state index contributed by atoms with van der Waals surface area (Å²) in [5.41, 5.74) is 2.39. The molecule has 0 spiro atoms. The molecule has 21 heavy (non-hydrogen) atoms. The van der Waals surface area contributed by atoms with E-state index in [1.165, 1.54) is 12.0 Å². The zero-order valence-electron chi connectivity index (χ0n) is 12.8. The molecule has 1 aliphatic heterocycles. The lowest BCUT2D eigenvalue weighted by molar-refractivity contribution is -0.127. The van der Waals surface area contributed by atoms with Crippen LogP contribution in [0.2, 0.25) is 0 Å². The van der Waals surface area contributed by atoms with Crippen LogP contribution >= 0.6 is 0 Å². The van der Waals surface area contributed by atoms with Crippen LogP contribution in [0.5, 0.6) is 0 Å². The van der Waals surface area contributed by atoms with Crippen LogP contribution < -0.4 is 0 Å². The van der Waals surface area contributed by atoms with Crippen molar-refractivity contribution in [3.8, 4) is 6.07 Å². The second-order valence-electron chi connectivity index (χ2n) is 5.84. The molecule has 3 nitrogen and oxygen atoms in total. The van der Waals surface area contributed by atoms with E-state index in [0.29, 0.717) is 5.92 Å². The Morgan fingerprint density at radius 3 is 2.33 bits per heavy atom. The van der Waals surface area contributed by atoms with E-state index in [1.54, 1.807) is 11.0 Å². The molecule has 0 saturated carbocycles. The zero-order valence-corrected chi connectivity index (χ0v) is 12.8. The quantitative estimate of drug-likeness (QED) is 0.626. The lowest BCUT2D eigenvalue weighted by atomic mass is 10.0. The van der Waals surface area contributed by atoms with E-state index in [-0.39, 0.29) is 11.5 Å². The molecule has 2 rings (SSSR count). The fourth-order valence-electron chi connectivity index (χ4n) is 2.55. The zero-order chi connectivity index (χ0) is 15.2. The fraction of sp³-hybridized carbons (Fsp3) is 0.444. The second kappa shape index (κ2) is 7.08. The molecule has 1 heterocycles. The Kier molecular flexibility index (Phi) is 5.16. The lowest BCUT2D eigenvalue weighted by Crippen LogP contribution is -2.36. The van der Waals surface area contributed by atoms with Gasteiger partial charge in [-0.25, -0.2) is 0 Å². The molecule has 0 N–H and O–H groups in total. The van der Waals surface area contributed by atoms with Gasteiger partial charge in [0.25, 0.3) is 5.91 Å². The Bertz CT molecular complexity index is 558. The Morgan fingerprint density at radius 1 is 1.19 bits per heavy atom. The number of hydrogen-bond acceptors (Lipinski definition) is 2. The first kappa shape index (κ1) is 15.3. The van der Waals surface area contributed by atoms with Gasteiger partial charge in [-0.1, -0.05) is 38.1 Å². The van der Waals surface area contributed by atoms with E-state index in [4.69, 9.17) is 0 Å². The fourth-order valence-corrected chi connectivity index (χ4v) is 2.55. The number of piperidine rings is 1. The van der Waals surface area contributed by atoms with Crippen molar-refractivity contribution in [3.63, 3.8) is 0 Å². The highest BCUT2D eigenvalue weighted by molar-refractivity contribution is 6.01. The number of nitriles is 1. The third-order valence-corrected chi connectivity index (χ3v) is 3.91. The van der Waals surface area contributed by atoms with Crippen molar-refractivity contribution < 1.29 is 4.79 Å². The van der Waals surface area contributed by atoms with Gasteiger partial charge in [0.05, 0.1) is 0 Å². The van der Waals surface area contributed by atoms with Gasteiger partial charge in [-0.3, -0.25) is 4.79 Å². The summed E-state index contributed by atoms with van der Waals surface area (Å²) in [6.07, 6.45) is 4.94. The van der Waals surface area contributed by atoms with Crippen molar-refractivity contribution in [2.24, 2.45) is 0 Å². The van der Waals surface area contributed by atoms with E-state index < -0.39 is 0 Å². The number of carbonyl (C=O) groups excluding carboxylic acids is 1. The van der Waals surface area contributed by atoms with Crippen molar-refractivity contribution in [2.75, 3.05) is 13.1 Å². The summed E-state index contributed by atoms with van der Waals surface area (Å²) in [7, 11) is 0. The SMILES string of the molecule is CC(C)c1ccc(/C=C(\C#N)C(=O)N2CCCCC2)cc1. The molecule has 0 unspecified atom stereocenters. The predicted octanol–water partition coefficient (Wildman–Crippen LogP) is 3.73. The topological polar surface area (TPSA) is 44.1 Å². The minimum absolute atomic E-state index is 0.134. The minimum Gasteiger partial charge on any atom is -0.338 e. The van der Waals surface area contributed by atoms with E-state index in [9.17, 15) is 10.1 Å². The van der Waals surface area contributed by atoms with E-state index >= 15 is 0 Å². The van der Waals surface area contributed by atoms with Gasteiger partial charge in [0.15, 0.2) is 0 Å². The van der Waals surface area contributed by atoms with Crippen LogP contribution in [0, 0.1) is 11.3 Å². The highest BCUT2D eigenvalue weighted by Gasteiger charge is 2.20. The third kappa shape index (κ3) is 3.95. The van der Waals surface area contributed by atoms with Gasteiger partial charge in [0, 0.05) is 13.1 Å². The van der Waals surface area contributed by atoms with Crippen LogP contribution in [0.15, 0.2) is 29.8 Å². The maximum absolute atomic E-state index is 12.3. The molecule has 0 radical (unpaired) electrons. The molecule has 0 atom stereocenters. The van der Waals surface area contributed by atoms with Gasteiger partial charge in [-0.2, -0.15) is 5.26 Å². The van der Waals surface area contributed by atoms with Crippen LogP contribution in [-0.2, 0) is 4.79 Å². The van der Waals surface area contributed by atoms with Crippen molar-refractivity contribution in [3.05, 3.63) is 41.0 Å². The first-order chi connectivity index (χ1) is 10.1. The standard InChI is InChI=1S/C18H22N2O/c1-14(2)16-8-6-15(7-9-16)12-17(13-19)18(21)20-10-4-3-5-11-20/h6-9,12,14H,3-5,10-11H2,1-2H3/b17-12+. The molecule has 110 valence electrons. The largest absolute Gasteiger partial charge is 0.338 e. The van der Waals surface area contributed by atoms with E-state index in [1.807, 2.05) is 12.1 Å². The van der Waals surface area contributed by atoms with Crippen molar-refractivity contribution >= 4 is 12.0 Å². The molecular formula is C18H22N2O. The second-order valence-corrected chi connectivity index (χ2v) is 5.84. The molecule has 0 aliphatic carbocycles. The lowest BCUT2D eigenvalue weighted by Gasteiger charge is -2.26. The summed E-state index contributed by atoms with van der Waals surface area (Å²) >= 11 is 0. The molecule has 1 aromatic rings. The first-order valence-electron chi connectivity index (χ1n) is 7.63. The Morgan fingerprint density at radius 2 is 1.81 bits per heavy atom. The van der Waals surface area contributed by atoms with Crippen LogP contribution in [0.1, 0.15) is 50.2 Å². The molecule has 1 saturated heterocycles. The average molecular weight is 282 g/mol. The Hall–Kier alpha value is -2.08. The number of benzene rings is 1. The molecule has 1 fully saturated rings. The first-order valence-corrected chi connectivity index (χ1v) is 7.63. The molecule has 0 aromatic heterocycles. The molecular weight excluding hydrogens is 260 g/mol. The van der Waals surface area contributed by atoms with E-state index in [0.717, 1.165) is 31.5 Å². The predicted molar refractivity (Wildman–Crippen MR) is 84.6 cm³/mol. The minimum atomic E-state index is -0.134. The van der Waals surface area contributed by atoms with Gasteiger partial charge in [-0.05, 0) is 42.4 Å². The number of carbonyl (C=O) groups is 1. The summed E-state index contributed by atoms with van der Waals surface area (Å²) in [5, 5.41) is 9.27. The Balaban J connectivity index is 2.16. The molecule has 3 heteroatoms. The average Bonchev–Trinajstić information content (AvgIpc) is 2.53. The highest BCUT2D eigenvalue weighted by atomic mass is 16.2. The van der Waals surface area contributed by atoms with Crippen LogP contribution in [-0.4, -0.2) is 23.9 Å². The maximum Gasteiger partial charge on any atom is 0.264 e.